The number of hydrogen-bond acceptors (Lipinski definition) is 2. The molecule has 0 aromatic heterocycles. The van der Waals surface area contributed by atoms with Crippen molar-refractivity contribution in [3.8, 4) is 6.07 Å². The minimum Gasteiger partial charge on any atom is -0.298 e. The first-order chi connectivity index (χ1) is 9.23. The maximum absolute atomic E-state index is 12.2. The number of ketones is 1. The first kappa shape index (κ1) is 12.4. The molecule has 3 rings (SSSR count). The highest BCUT2D eigenvalue weighted by Gasteiger charge is 2.40. The van der Waals surface area contributed by atoms with Crippen LogP contribution in [0, 0.1) is 16.7 Å². The molecule has 2 nitrogen and oxygen atoms in total. The van der Waals surface area contributed by atoms with Gasteiger partial charge in [0.15, 0.2) is 5.78 Å². The molecule has 1 unspecified atom stereocenters. The molecule has 2 heteroatoms. The van der Waals surface area contributed by atoms with Gasteiger partial charge in [-0.3, -0.25) is 4.79 Å². The van der Waals surface area contributed by atoms with E-state index in [0.29, 0.717) is 12.8 Å². The van der Waals surface area contributed by atoms with Crippen LogP contribution in [0.3, 0.4) is 0 Å². The van der Waals surface area contributed by atoms with Crippen LogP contribution < -0.4 is 0 Å². The zero-order valence-electron chi connectivity index (χ0n) is 11.2. The Bertz CT molecular complexity index is 555. The molecule has 98 valence electrons. The lowest BCUT2D eigenvalue weighted by atomic mass is 9.70. The van der Waals surface area contributed by atoms with E-state index < -0.39 is 5.41 Å². The molecule has 0 amide bonds. The van der Waals surface area contributed by atoms with Gasteiger partial charge in [-0.1, -0.05) is 24.6 Å². The van der Waals surface area contributed by atoms with Gasteiger partial charge in [-0.2, -0.15) is 5.26 Å². The monoisotopic (exact) mass is 253 g/mol. The van der Waals surface area contributed by atoms with Gasteiger partial charge < -0.3 is 0 Å². The van der Waals surface area contributed by atoms with Crippen LogP contribution in [-0.2, 0) is 24.1 Å². The molecule has 0 saturated heterocycles. The van der Waals surface area contributed by atoms with Gasteiger partial charge in [0.25, 0.3) is 0 Å². The molecule has 1 saturated carbocycles. The Balaban J connectivity index is 1.87. The summed E-state index contributed by atoms with van der Waals surface area (Å²) in [5.74, 6) is 0.154. The van der Waals surface area contributed by atoms with Crippen molar-refractivity contribution in [1.29, 1.82) is 5.26 Å². The van der Waals surface area contributed by atoms with Gasteiger partial charge in [-0.25, -0.2) is 0 Å². The van der Waals surface area contributed by atoms with E-state index in [1.807, 2.05) is 0 Å². The molecule has 2 aliphatic carbocycles. The van der Waals surface area contributed by atoms with E-state index >= 15 is 0 Å². The topological polar surface area (TPSA) is 40.9 Å². The highest BCUT2D eigenvalue weighted by molar-refractivity contribution is 5.88. The van der Waals surface area contributed by atoms with Crippen molar-refractivity contribution in [2.45, 2.75) is 51.4 Å². The van der Waals surface area contributed by atoms with E-state index in [-0.39, 0.29) is 5.78 Å². The number of nitrogens with zero attached hydrogens (tertiary/aromatic N) is 1. The van der Waals surface area contributed by atoms with Gasteiger partial charge in [0.2, 0.25) is 0 Å². The van der Waals surface area contributed by atoms with Crippen molar-refractivity contribution >= 4 is 5.78 Å². The summed E-state index contributed by atoms with van der Waals surface area (Å²) < 4.78 is 0. The van der Waals surface area contributed by atoms with E-state index in [1.165, 1.54) is 24.0 Å². The Kier molecular flexibility index (Phi) is 3.14. The maximum Gasteiger partial charge on any atom is 0.153 e. The molecule has 1 aromatic carbocycles. The molecule has 19 heavy (non-hydrogen) atoms. The minimum atomic E-state index is -0.745. The third-order valence-corrected chi connectivity index (χ3v) is 4.67. The average molecular weight is 253 g/mol. The van der Waals surface area contributed by atoms with Crippen molar-refractivity contribution in [2.24, 2.45) is 5.41 Å². The lowest BCUT2D eigenvalue weighted by molar-refractivity contribution is -0.128. The number of aryl methyl sites for hydroxylation is 2. The normalized spacial score (nSPS) is 25.9. The number of Topliss-reactive ketones (excluding diaryl/α,β-unsaturated/α-hetero) is 1. The molecule has 0 aliphatic heterocycles. The summed E-state index contributed by atoms with van der Waals surface area (Å²) in [5.41, 5.74) is 3.29. The van der Waals surface area contributed by atoms with E-state index in [0.717, 1.165) is 31.2 Å². The van der Waals surface area contributed by atoms with Gasteiger partial charge >= 0.3 is 0 Å². The Labute approximate surface area is 114 Å². The number of fused-ring (bicyclic) bond motifs is 1. The molecule has 2 aliphatic rings. The van der Waals surface area contributed by atoms with Gasteiger partial charge in [0, 0.05) is 6.42 Å². The SMILES string of the molecule is N#CC1(Cc2ccc3c(c2)CCC3)CCCCC1=O. The molecule has 0 spiro atoms. The number of carbonyl (C=O) groups is 1. The standard InChI is InChI=1S/C17H19NO/c18-12-17(9-2-1-6-16(17)19)11-13-7-8-14-4-3-5-15(14)10-13/h7-8,10H,1-6,9,11H2. The van der Waals surface area contributed by atoms with Crippen molar-refractivity contribution in [2.75, 3.05) is 0 Å². The number of carbonyl (C=O) groups excluding carboxylic acids is 1. The van der Waals surface area contributed by atoms with Gasteiger partial charge in [0.1, 0.15) is 5.41 Å². The van der Waals surface area contributed by atoms with Gasteiger partial charge in [-0.05, 0) is 55.2 Å². The van der Waals surface area contributed by atoms with Crippen LogP contribution in [0.4, 0.5) is 0 Å². The second-order valence-electron chi connectivity index (χ2n) is 5.96. The zero-order chi connectivity index (χ0) is 13.3. The first-order valence-electron chi connectivity index (χ1n) is 7.29. The lowest BCUT2D eigenvalue weighted by Crippen LogP contribution is -2.34. The summed E-state index contributed by atoms with van der Waals surface area (Å²) in [6.45, 7) is 0. The maximum atomic E-state index is 12.2. The fraction of sp³-hybridized carbons (Fsp3) is 0.529. The van der Waals surface area contributed by atoms with Crippen molar-refractivity contribution < 1.29 is 4.79 Å². The smallest absolute Gasteiger partial charge is 0.153 e. The van der Waals surface area contributed by atoms with Crippen LogP contribution in [0.2, 0.25) is 0 Å². The van der Waals surface area contributed by atoms with Crippen LogP contribution in [0.1, 0.15) is 48.8 Å². The summed E-state index contributed by atoms with van der Waals surface area (Å²) in [6, 6.07) is 8.87. The van der Waals surface area contributed by atoms with Crippen LogP contribution in [0.5, 0.6) is 0 Å². The van der Waals surface area contributed by atoms with Crippen LogP contribution in [-0.4, -0.2) is 5.78 Å². The third kappa shape index (κ3) is 2.18. The second kappa shape index (κ2) is 4.81. The molecule has 1 fully saturated rings. The Morgan fingerprint density at radius 3 is 2.74 bits per heavy atom. The van der Waals surface area contributed by atoms with Gasteiger partial charge in [-0.15, -0.1) is 0 Å². The molecule has 0 radical (unpaired) electrons. The highest BCUT2D eigenvalue weighted by Crippen LogP contribution is 2.36. The third-order valence-electron chi connectivity index (χ3n) is 4.67. The van der Waals surface area contributed by atoms with E-state index in [9.17, 15) is 10.1 Å². The molecular formula is C17H19NO. The van der Waals surface area contributed by atoms with Crippen molar-refractivity contribution in [3.63, 3.8) is 0 Å². The largest absolute Gasteiger partial charge is 0.298 e. The Morgan fingerprint density at radius 2 is 1.95 bits per heavy atom. The predicted molar refractivity (Wildman–Crippen MR) is 73.7 cm³/mol. The van der Waals surface area contributed by atoms with Crippen LogP contribution in [0.25, 0.3) is 0 Å². The van der Waals surface area contributed by atoms with E-state index in [1.54, 1.807) is 0 Å². The summed E-state index contributed by atoms with van der Waals surface area (Å²) in [7, 11) is 0. The highest BCUT2D eigenvalue weighted by atomic mass is 16.1. The van der Waals surface area contributed by atoms with E-state index in [4.69, 9.17) is 0 Å². The fourth-order valence-corrected chi connectivity index (χ4v) is 3.52. The Hall–Kier alpha value is -1.62. The minimum absolute atomic E-state index is 0.154. The average Bonchev–Trinajstić information content (AvgIpc) is 2.89. The fourth-order valence-electron chi connectivity index (χ4n) is 3.52. The number of nitriles is 1. The van der Waals surface area contributed by atoms with Crippen LogP contribution >= 0.6 is 0 Å². The van der Waals surface area contributed by atoms with Gasteiger partial charge in [0.05, 0.1) is 6.07 Å². The zero-order valence-corrected chi connectivity index (χ0v) is 11.2. The molecule has 0 bridgehead atoms. The van der Waals surface area contributed by atoms with Crippen molar-refractivity contribution in [1.82, 2.24) is 0 Å². The lowest BCUT2D eigenvalue weighted by Gasteiger charge is -2.29. The first-order valence-corrected chi connectivity index (χ1v) is 7.29. The molecule has 0 N–H and O–H groups in total. The number of hydrogen-bond donors (Lipinski definition) is 0. The van der Waals surface area contributed by atoms with Crippen LogP contribution in [0.15, 0.2) is 18.2 Å². The molecular weight excluding hydrogens is 234 g/mol. The summed E-state index contributed by atoms with van der Waals surface area (Å²) in [6.07, 6.45) is 7.44. The molecule has 1 aromatic rings. The molecule has 1 atom stereocenters. The quantitative estimate of drug-likeness (QED) is 0.810. The van der Waals surface area contributed by atoms with Crippen molar-refractivity contribution in [3.05, 3.63) is 34.9 Å². The second-order valence-corrected chi connectivity index (χ2v) is 5.96. The Morgan fingerprint density at radius 1 is 1.11 bits per heavy atom. The summed E-state index contributed by atoms with van der Waals surface area (Å²) in [4.78, 5) is 12.2. The van der Waals surface area contributed by atoms with E-state index in [2.05, 4.69) is 24.3 Å². The predicted octanol–water partition coefficient (Wildman–Crippen LogP) is 3.37. The number of benzene rings is 1. The summed E-state index contributed by atoms with van der Waals surface area (Å²) in [5, 5.41) is 9.50. The number of rotatable bonds is 2. The summed E-state index contributed by atoms with van der Waals surface area (Å²) >= 11 is 0. The molecule has 0 heterocycles.